The lowest BCUT2D eigenvalue weighted by atomic mass is 10.3. The summed E-state index contributed by atoms with van der Waals surface area (Å²) < 4.78 is 0.913. The van der Waals surface area contributed by atoms with E-state index in [0.29, 0.717) is 11.4 Å². The molecule has 0 spiro atoms. The molecule has 0 saturated carbocycles. The van der Waals surface area contributed by atoms with Crippen LogP contribution in [0.25, 0.3) is 0 Å². The van der Waals surface area contributed by atoms with Crippen molar-refractivity contribution in [1.82, 2.24) is 4.98 Å². The number of anilines is 2. The van der Waals surface area contributed by atoms with Gasteiger partial charge in [0.2, 0.25) is 0 Å². The molecular weight excluding hydrogens is 270 g/mol. The molecule has 2 aromatic rings. The van der Waals surface area contributed by atoms with Gasteiger partial charge < -0.3 is 16.0 Å². The zero-order chi connectivity index (χ0) is 11.5. The molecule has 0 unspecified atom stereocenters. The number of aromatic amines is 1. The highest BCUT2D eigenvalue weighted by Crippen LogP contribution is 2.16. The summed E-state index contributed by atoms with van der Waals surface area (Å²) in [6.07, 6.45) is 1.58. The van der Waals surface area contributed by atoms with Gasteiger partial charge in [0.1, 0.15) is 5.69 Å². The zero-order valence-corrected chi connectivity index (χ0v) is 9.91. The van der Waals surface area contributed by atoms with Gasteiger partial charge in [0, 0.05) is 22.0 Å². The van der Waals surface area contributed by atoms with Gasteiger partial charge in [-0.3, -0.25) is 4.79 Å². The first-order valence-electron chi connectivity index (χ1n) is 4.66. The van der Waals surface area contributed by atoms with E-state index in [1.54, 1.807) is 12.3 Å². The number of H-pyrrole nitrogens is 1. The number of aromatic nitrogens is 1. The van der Waals surface area contributed by atoms with E-state index in [1.807, 2.05) is 24.3 Å². The summed E-state index contributed by atoms with van der Waals surface area (Å²) in [7, 11) is 0. The smallest absolute Gasteiger partial charge is 0.272 e. The predicted molar refractivity (Wildman–Crippen MR) is 67.3 cm³/mol. The number of rotatable bonds is 2. The molecule has 0 radical (unpaired) electrons. The average molecular weight is 280 g/mol. The number of nitrogens with one attached hydrogen (secondary N) is 2. The molecule has 4 nitrogen and oxygen atoms in total. The van der Waals surface area contributed by atoms with Crippen molar-refractivity contribution in [3.8, 4) is 0 Å². The van der Waals surface area contributed by atoms with Gasteiger partial charge in [-0.1, -0.05) is 22.0 Å². The second kappa shape index (κ2) is 4.40. The number of nitrogens with two attached hydrogens (primary N) is 1. The lowest BCUT2D eigenvalue weighted by Crippen LogP contribution is -2.12. The summed E-state index contributed by atoms with van der Waals surface area (Å²) in [4.78, 5) is 14.5. The molecule has 0 aliphatic heterocycles. The van der Waals surface area contributed by atoms with E-state index < -0.39 is 0 Å². The number of hydrogen-bond donors (Lipinski definition) is 3. The summed E-state index contributed by atoms with van der Waals surface area (Å²) in [6, 6.07) is 8.97. The van der Waals surface area contributed by atoms with Crippen LogP contribution < -0.4 is 11.1 Å². The molecule has 1 aromatic heterocycles. The van der Waals surface area contributed by atoms with Gasteiger partial charge in [-0.2, -0.15) is 0 Å². The molecular formula is C11H10BrN3O. The third kappa shape index (κ3) is 2.43. The number of halogens is 1. The molecule has 82 valence electrons. The van der Waals surface area contributed by atoms with Gasteiger partial charge in [0.05, 0.1) is 0 Å². The molecule has 1 aromatic carbocycles. The van der Waals surface area contributed by atoms with Gasteiger partial charge in [0.25, 0.3) is 5.91 Å². The maximum absolute atomic E-state index is 11.7. The second-order valence-electron chi connectivity index (χ2n) is 3.31. The Labute approximate surface area is 101 Å². The highest BCUT2D eigenvalue weighted by molar-refractivity contribution is 9.10. The molecule has 0 fully saturated rings. The fourth-order valence-corrected chi connectivity index (χ4v) is 1.71. The van der Waals surface area contributed by atoms with E-state index >= 15 is 0 Å². The highest BCUT2D eigenvalue weighted by Gasteiger charge is 2.07. The SMILES string of the molecule is Nc1c[nH]c(C(=O)Nc2cccc(Br)c2)c1. The normalized spacial score (nSPS) is 10.1. The topological polar surface area (TPSA) is 70.9 Å². The van der Waals surface area contributed by atoms with Crippen LogP contribution in [0.1, 0.15) is 10.5 Å². The fourth-order valence-electron chi connectivity index (χ4n) is 1.31. The van der Waals surface area contributed by atoms with Crippen molar-refractivity contribution in [1.29, 1.82) is 0 Å². The Kier molecular flexibility index (Phi) is 2.96. The summed E-state index contributed by atoms with van der Waals surface area (Å²) in [5.41, 5.74) is 7.23. The van der Waals surface area contributed by atoms with Gasteiger partial charge in [0.15, 0.2) is 0 Å². The predicted octanol–water partition coefficient (Wildman–Crippen LogP) is 2.61. The minimum atomic E-state index is -0.213. The molecule has 0 aliphatic rings. The quantitative estimate of drug-likeness (QED) is 0.791. The molecule has 2 rings (SSSR count). The van der Waals surface area contributed by atoms with Gasteiger partial charge >= 0.3 is 0 Å². The van der Waals surface area contributed by atoms with Crippen LogP contribution >= 0.6 is 15.9 Å². The first-order valence-corrected chi connectivity index (χ1v) is 5.45. The largest absolute Gasteiger partial charge is 0.397 e. The summed E-state index contributed by atoms with van der Waals surface area (Å²) in [5, 5.41) is 2.76. The van der Waals surface area contributed by atoms with Crippen LogP contribution in [0.5, 0.6) is 0 Å². The number of carbonyl (C=O) groups is 1. The number of carbonyl (C=O) groups excluding carboxylic acids is 1. The summed E-state index contributed by atoms with van der Waals surface area (Å²) in [6.45, 7) is 0. The molecule has 16 heavy (non-hydrogen) atoms. The third-order valence-electron chi connectivity index (χ3n) is 2.03. The minimum absolute atomic E-state index is 0.213. The van der Waals surface area contributed by atoms with Crippen molar-refractivity contribution in [2.24, 2.45) is 0 Å². The second-order valence-corrected chi connectivity index (χ2v) is 4.23. The Morgan fingerprint density at radius 2 is 2.19 bits per heavy atom. The van der Waals surface area contributed by atoms with E-state index in [-0.39, 0.29) is 5.91 Å². The van der Waals surface area contributed by atoms with Crippen molar-refractivity contribution in [2.45, 2.75) is 0 Å². The Morgan fingerprint density at radius 3 is 2.81 bits per heavy atom. The van der Waals surface area contributed by atoms with Crippen LogP contribution in [-0.2, 0) is 0 Å². The molecule has 1 amide bonds. The number of amides is 1. The first kappa shape index (κ1) is 10.8. The molecule has 0 saturated heterocycles. The van der Waals surface area contributed by atoms with E-state index in [1.165, 1.54) is 0 Å². The Balaban J connectivity index is 2.13. The zero-order valence-electron chi connectivity index (χ0n) is 8.33. The highest BCUT2D eigenvalue weighted by atomic mass is 79.9. The summed E-state index contributed by atoms with van der Waals surface area (Å²) >= 11 is 3.33. The van der Waals surface area contributed by atoms with Crippen LogP contribution in [0.2, 0.25) is 0 Å². The average Bonchev–Trinajstić information content (AvgIpc) is 2.65. The number of hydrogen-bond acceptors (Lipinski definition) is 2. The maximum atomic E-state index is 11.7. The van der Waals surface area contributed by atoms with Gasteiger partial charge in [-0.15, -0.1) is 0 Å². The van der Waals surface area contributed by atoms with Gasteiger partial charge in [-0.05, 0) is 24.3 Å². The van der Waals surface area contributed by atoms with Crippen LogP contribution in [0, 0.1) is 0 Å². The van der Waals surface area contributed by atoms with E-state index in [2.05, 4.69) is 26.2 Å². The maximum Gasteiger partial charge on any atom is 0.272 e. The number of benzene rings is 1. The monoisotopic (exact) mass is 279 g/mol. The van der Waals surface area contributed by atoms with Crippen molar-refractivity contribution in [2.75, 3.05) is 11.1 Å². The lowest BCUT2D eigenvalue weighted by Gasteiger charge is -2.03. The molecule has 0 aliphatic carbocycles. The van der Waals surface area contributed by atoms with E-state index in [9.17, 15) is 4.79 Å². The summed E-state index contributed by atoms with van der Waals surface area (Å²) in [5.74, 6) is -0.213. The van der Waals surface area contributed by atoms with E-state index in [0.717, 1.165) is 10.2 Å². The molecule has 5 heteroatoms. The molecule has 1 heterocycles. The van der Waals surface area contributed by atoms with Crippen molar-refractivity contribution >= 4 is 33.2 Å². The minimum Gasteiger partial charge on any atom is -0.397 e. The van der Waals surface area contributed by atoms with E-state index in [4.69, 9.17) is 5.73 Å². The molecule has 0 bridgehead atoms. The Hall–Kier alpha value is -1.75. The number of nitrogen functional groups attached to an aromatic ring is 1. The van der Waals surface area contributed by atoms with Gasteiger partial charge in [-0.25, -0.2) is 0 Å². The first-order chi connectivity index (χ1) is 7.65. The lowest BCUT2D eigenvalue weighted by molar-refractivity contribution is 0.102. The van der Waals surface area contributed by atoms with Crippen LogP contribution in [0.15, 0.2) is 41.0 Å². The van der Waals surface area contributed by atoms with Crippen LogP contribution in [-0.4, -0.2) is 10.9 Å². The Morgan fingerprint density at radius 1 is 1.38 bits per heavy atom. The standard InChI is InChI=1S/C11H10BrN3O/c12-7-2-1-3-9(4-7)15-11(16)10-5-8(13)6-14-10/h1-6,14H,13H2,(H,15,16). The van der Waals surface area contributed by atoms with Crippen molar-refractivity contribution in [3.63, 3.8) is 0 Å². The van der Waals surface area contributed by atoms with Crippen molar-refractivity contribution in [3.05, 3.63) is 46.7 Å². The third-order valence-corrected chi connectivity index (χ3v) is 2.53. The molecule has 4 N–H and O–H groups in total. The molecule has 0 atom stereocenters. The van der Waals surface area contributed by atoms with Crippen LogP contribution in [0.4, 0.5) is 11.4 Å². The van der Waals surface area contributed by atoms with Crippen LogP contribution in [0.3, 0.4) is 0 Å². The van der Waals surface area contributed by atoms with Crippen molar-refractivity contribution < 1.29 is 4.79 Å². The fraction of sp³-hybridized carbons (Fsp3) is 0. The Bertz CT molecular complexity index is 521.